The fourth-order valence-corrected chi connectivity index (χ4v) is 3.76. The van der Waals surface area contributed by atoms with Crippen molar-refractivity contribution < 1.29 is 4.79 Å². The largest absolute Gasteiger partial charge is 0.348 e. The van der Waals surface area contributed by atoms with E-state index in [2.05, 4.69) is 60.4 Å². The van der Waals surface area contributed by atoms with Crippen LogP contribution >= 0.6 is 0 Å². The number of piperidine rings is 1. The Morgan fingerprint density at radius 3 is 2.50 bits per heavy atom. The van der Waals surface area contributed by atoms with Gasteiger partial charge >= 0.3 is 0 Å². The lowest BCUT2D eigenvalue weighted by atomic mass is 10.0. The summed E-state index contributed by atoms with van der Waals surface area (Å²) in [5.41, 5.74) is 1.21. The minimum Gasteiger partial charge on any atom is -0.348 e. The third-order valence-corrected chi connectivity index (χ3v) is 5.75. The zero-order valence-electron chi connectivity index (χ0n) is 15.2. The first kappa shape index (κ1) is 17.4. The molecule has 1 amide bonds. The highest BCUT2D eigenvalue weighted by atomic mass is 16.2. The molecule has 0 aromatic heterocycles. The molecule has 1 saturated carbocycles. The van der Waals surface area contributed by atoms with Crippen LogP contribution in [0.15, 0.2) is 30.3 Å². The summed E-state index contributed by atoms with van der Waals surface area (Å²) < 4.78 is 0. The second kappa shape index (κ2) is 7.66. The Bertz CT molecular complexity index is 539. The molecule has 2 aliphatic rings. The Labute approximate surface area is 146 Å². The predicted molar refractivity (Wildman–Crippen MR) is 97.7 cm³/mol. The summed E-state index contributed by atoms with van der Waals surface area (Å²) in [5, 5.41) is 3.31. The van der Waals surface area contributed by atoms with Gasteiger partial charge in [-0.1, -0.05) is 37.3 Å². The summed E-state index contributed by atoms with van der Waals surface area (Å²) in [6.45, 7) is 5.37. The molecule has 0 bridgehead atoms. The summed E-state index contributed by atoms with van der Waals surface area (Å²) in [6.07, 6.45) is 3.46. The van der Waals surface area contributed by atoms with Gasteiger partial charge in [-0.05, 0) is 57.9 Å². The second-order valence-corrected chi connectivity index (χ2v) is 7.77. The van der Waals surface area contributed by atoms with Gasteiger partial charge in [0.1, 0.15) is 0 Å². The molecular weight excluding hydrogens is 298 g/mol. The SMILES string of the molecule is C[C@@H]1C[C@H]1C(=O)N[C@H](CN(C)C1CCN(C)CC1)c1ccccc1. The average molecular weight is 329 g/mol. The molecule has 4 nitrogen and oxygen atoms in total. The summed E-state index contributed by atoms with van der Waals surface area (Å²) in [5.74, 6) is 1.01. The van der Waals surface area contributed by atoms with Gasteiger partial charge in [0, 0.05) is 18.5 Å². The van der Waals surface area contributed by atoms with E-state index < -0.39 is 0 Å². The number of likely N-dealkylation sites (tertiary alicyclic amines) is 1. The van der Waals surface area contributed by atoms with E-state index in [1.165, 1.54) is 18.4 Å². The lowest BCUT2D eigenvalue weighted by molar-refractivity contribution is -0.123. The molecule has 0 radical (unpaired) electrons. The van der Waals surface area contributed by atoms with Crippen LogP contribution in [-0.2, 0) is 4.79 Å². The summed E-state index contributed by atoms with van der Waals surface area (Å²) in [7, 11) is 4.40. The maximum Gasteiger partial charge on any atom is 0.223 e. The number of nitrogens with zero attached hydrogens (tertiary/aromatic N) is 2. The molecule has 1 aliphatic carbocycles. The third kappa shape index (κ3) is 4.37. The zero-order chi connectivity index (χ0) is 17.1. The fourth-order valence-electron chi connectivity index (χ4n) is 3.76. The number of carbonyl (C=O) groups is 1. The van der Waals surface area contributed by atoms with Crippen molar-refractivity contribution in [3.8, 4) is 0 Å². The van der Waals surface area contributed by atoms with E-state index in [1.54, 1.807) is 0 Å². The highest BCUT2D eigenvalue weighted by Crippen LogP contribution is 2.38. The van der Waals surface area contributed by atoms with Crippen molar-refractivity contribution in [1.29, 1.82) is 0 Å². The minimum absolute atomic E-state index is 0.0798. The monoisotopic (exact) mass is 329 g/mol. The number of amides is 1. The highest BCUT2D eigenvalue weighted by molar-refractivity contribution is 5.81. The summed E-state index contributed by atoms with van der Waals surface area (Å²) in [4.78, 5) is 17.3. The standard InChI is InChI=1S/C20H31N3O/c1-15-13-18(15)20(24)21-19(16-7-5-4-6-8-16)14-23(3)17-9-11-22(2)12-10-17/h4-8,15,17-19H,9-14H2,1-3H3,(H,21,24)/t15-,18-,19-/m1/s1. The first-order chi connectivity index (χ1) is 11.5. The predicted octanol–water partition coefficient (Wildman–Crippen LogP) is 2.53. The van der Waals surface area contributed by atoms with Crippen LogP contribution in [0.4, 0.5) is 0 Å². The molecule has 0 unspecified atom stereocenters. The van der Waals surface area contributed by atoms with Crippen molar-refractivity contribution in [2.75, 3.05) is 33.7 Å². The molecule has 132 valence electrons. The van der Waals surface area contributed by atoms with Gasteiger partial charge in [0.2, 0.25) is 5.91 Å². The molecule has 3 rings (SSSR count). The number of likely N-dealkylation sites (N-methyl/N-ethyl adjacent to an activating group) is 1. The maximum absolute atomic E-state index is 12.5. The van der Waals surface area contributed by atoms with E-state index in [0.717, 1.165) is 26.1 Å². The van der Waals surface area contributed by atoms with Crippen molar-refractivity contribution in [2.24, 2.45) is 11.8 Å². The Hall–Kier alpha value is -1.39. The number of hydrogen-bond donors (Lipinski definition) is 1. The van der Waals surface area contributed by atoms with Crippen LogP contribution in [0.3, 0.4) is 0 Å². The number of benzene rings is 1. The van der Waals surface area contributed by atoms with Crippen LogP contribution in [0.5, 0.6) is 0 Å². The summed E-state index contributed by atoms with van der Waals surface area (Å²) >= 11 is 0. The van der Waals surface area contributed by atoms with Gasteiger partial charge in [0.05, 0.1) is 6.04 Å². The number of carbonyl (C=O) groups excluding carboxylic acids is 1. The highest BCUT2D eigenvalue weighted by Gasteiger charge is 2.40. The van der Waals surface area contributed by atoms with Crippen molar-refractivity contribution >= 4 is 5.91 Å². The number of hydrogen-bond acceptors (Lipinski definition) is 3. The lowest BCUT2D eigenvalue weighted by Crippen LogP contribution is -2.45. The third-order valence-electron chi connectivity index (χ3n) is 5.75. The molecule has 1 aromatic carbocycles. The van der Waals surface area contributed by atoms with Crippen molar-refractivity contribution in [3.63, 3.8) is 0 Å². The van der Waals surface area contributed by atoms with Crippen molar-refractivity contribution in [2.45, 2.75) is 38.3 Å². The zero-order valence-corrected chi connectivity index (χ0v) is 15.2. The van der Waals surface area contributed by atoms with Gasteiger partial charge in [0.25, 0.3) is 0 Å². The molecule has 2 fully saturated rings. The first-order valence-corrected chi connectivity index (χ1v) is 9.28. The Kier molecular flexibility index (Phi) is 5.57. The van der Waals surface area contributed by atoms with Gasteiger partial charge < -0.3 is 15.1 Å². The van der Waals surface area contributed by atoms with Gasteiger partial charge in [-0.15, -0.1) is 0 Å². The van der Waals surface area contributed by atoms with Crippen LogP contribution in [0, 0.1) is 11.8 Å². The van der Waals surface area contributed by atoms with E-state index >= 15 is 0 Å². The topological polar surface area (TPSA) is 35.6 Å². The molecule has 0 spiro atoms. The fraction of sp³-hybridized carbons (Fsp3) is 0.650. The van der Waals surface area contributed by atoms with E-state index in [1.807, 2.05) is 6.07 Å². The average Bonchev–Trinajstić information content (AvgIpc) is 3.32. The minimum atomic E-state index is 0.0798. The maximum atomic E-state index is 12.5. The van der Waals surface area contributed by atoms with Gasteiger partial charge in [0.15, 0.2) is 0 Å². The van der Waals surface area contributed by atoms with Crippen LogP contribution in [0.1, 0.15) is 37.8 Å². The molecule has 1 N–H and O–H groups in total. The van der Waals surface area contributed by atoms with E-state index in [-0.39, 0.29) is 17.9 Å². The molecule has 24 heavy (non-hydrogen) atoms. The quantitative estimate of drug-likeness (QED) is 0.871. The first-order valence-electron chi connectivity index (χ1n) is 9.28. The van der Waals surface area contributed by atoms with Crippen LogP contribution in [0.2, 0.25) is 0 Å². The summed E-state index contributed by atoms with van der Waals surface area (Å²) in [6, 6.07) is 11.1. The van der Waals surface area contributed by atoms with Crippen molar-refractivity contribution in [3.05, 3.63) is 35.9 Å². The number of nitrogens with one attached hydrogen (secondary N) is 1. The Morgan fingerprint density at radius 2 is 1.92 bits per heavy atom. The second-order valence-electron chi connectivity index (χ2n) is 7.77. The van der Waals surface area contributed by atoms with E-state index in [9.17, 15) is 4.79 Å². The Morgan fingerprint density at radius 1 is 1.29 bits per heavy atom. The van der Waals surface area contributed by atoms with Crippen molar-refractivity contribution in [1.82, 2.24) is 15.1 Å². The molecule has 4 heteroatoms. The Balaban J connectivity index is 1.64. The molecule has 1 heterocycles. The molecule has 1 aliphatic heterocycles. The molecular formula is C20H31N3O. The van der Waals surface area contributed by atoms with E-state index in [0.29, 0.717) is 12.0 Å². The van der Waals surface area contributed by atoms with Gasteiger partial charge in [-0.2, -0.15) is 0 Å². The lowest BCUT2D eigenvalue weighted by Gasteiger charge is -2.37. The van der Waals surface area contributed by atoms with Gasteiger partial charge in [-0.25, -0.2) is 0 Å². The van der Waals surface area contributed by atoms with Gasteiger partial charge in [-0.3, -0.25) is 4.79 Å². The number of rotatable bonds is 6. The van der Waals surface area contributed by atoms with Crippen LogP contribution < -0.4 is 5.32 Å². The van der Waals surface area contributed by atoms with Crippen LogP contribution in [-0.4, -0.2) is 55.5 Å². The van der Waals surface area contributed by atoms with E-state index in [4.69, 9.17) is 0 Å². The smallest absolute Gasteiger partial charge is 0.223 e. The molecule has 1 saturated heterocycles. The molecule has 1 aromatic rings. The molecule has 3 atom stereocenters. The van der Waals surface area contributed by atoms with Crippen LogP contribution in [0.25, 0.3) is 0 Å². The normalized spacial score (nSPS) is 26.3.